The Kier molecular flexibility index (Phi) is 7.14. The predicted molar refractivity (Wildman–Crippen MR) is 76.2 cm³/mol. The maximum absolute atomic E-state index is 6.05. The molecular weight excluding hydrogens is 208 g/mol. The first kappa shape index (κ1) is 15.0. The third kappa shape index (κ3) is 4.97. The molecule has 17 heavy (non-hydrogen) atoms. The van der Waals surface area contributed by atoms with Gasteiger partial charge in [-0.15, -0.1) is 0 Å². The van der Waals surface area contributed by atoms with E-state index in [1.54, 1.807) is 0 Å². The molecule has 2 heteroatoms. The van der Waals surface area contributed by atoms with Gasteiger partial charge in [0.05, 0.1) is 0 Å². The van der Waals surface area contributed by atoms with Gasteiger partial charge in [-0.1, -0.05) is 33.1 Å². The molecule has 0 aliphatic heterocycles. The van der Waals surface area contributed by atoms with Crippen LogP contribution in [0.5, 0.6) is 0 Å². The SMILES string of the molecule is CCCN(CCC)CCC1(CN)CCCCC1. The first-order valence-corrected chi connectivity index (χ1v) is 7.69. The fourth-order valence-electron chi connectivity index (χ4n) is 3.22. The number of hydrogen-bond donors (Lipinski definition) is 1. The molecule has 102 valence electrons. The van der Waals surface area contributed by atoms with Crippen molar-refractivity contribution < 1.29 is 0 Å². The van der Waals surface area contributed by atoms with Crippen LogP contribution in [0.25, 0.3) is 0 Å². The van der Waals surface area contributed by atoms with Gasteiger partial charge in [-0.25, -0.2) is 0 Å². The Bertz CT molecular complexity index is 179. The number of nitrogens with zero attached hydrogens (tertiary/aromatic N) is 1. The molecule has 1 aliphatic rings. The highest BCUT2D eigenvalue weighted by molar-refractivity contribution is 4.84. The topological polar surface area (TPSA) is 29.3 Å². The van der Waals surface area contributed by atoms with E-state index < -0.39 is 0 Å². The molecule has 0 saturated heterocycles. The Hall–Kier alpha value is -0.0800. The van der Waals surface area contributed by atoms with Crippen molar-refractivity contribution in [3.8, 4) is 0 Å². The zero-order chi connectivity index (χ0) is 12.6. The van der Waals surface area contributed by atoms with Gasteiger partial charge in [0.15, 0.2) is 0 Å². The molecular formula is C15H32N2. The molecule has 0 heterocycles. The van der Waals surface area contributed by atoms with E-state index >= 15 is 0 Å². The van der Waals surface area contributed by atoms with Gasteiger partial charge in [0.25, 0.3) is 0 Å². The summed E-state index contributed by atoms with van der Waals surface area (Å²) in [6, 6.07) is 0. The summed E-state index contributed by atoms with van der Waals surface area (Å²) < 4.78 is 0. The molecule has 0 spiro atoms. The van der Waals surface area contributed by atoms with Crippen molar-refractivity contribution in [2.24, 2.45) is 11.1 Å². The van der Waals surface area contributed by atoms with Gasteiger partial charge < -0.3 is 10.6 Å². The molecule has 0 aromatic heterocycles. The first-order valence-electron chi connectivity index (χ1n) is 7.69. The van der Waals surface area contributed by atoms with E-state index in [0.29, 0.717) is 5.41 Å². The van der Waals surface area contributed by atoms with Crippen molar-refractivity contribution in [2.45, 2.75) is 65.2 Å². The highest BCUT2D eigenvalue weighted by Crippen LogP contribution is 2.38. The van der Waals surface area contributed by atoms with Gasteiger partial charge in [-0.05, 0) is 63.7 Å². The van der Waals surface area contributed by atoms with Crippen LogP contribution in [0.2, 0.25) is 0 Å². The molecule has 0 bridgehead atoms. The number of hydrogen-bond acceptors (Lipinski definition) is 2. The third-order valence-electron chi connectivity index (χ3n) is 4.39. The summed E-state index contributed by atoms with van der Waals surface area (Å²) in [6.45, 7) is 9.24. The van der Waals surface area contributed by atoms with E-state index in [1.807, 2.05) is 0 Å². The smallest absolute Gasteiger partial charge is 0.00130 e. The summed E-state index contributed by atoms with van der Waals surface area (Å²) in [5, 5.41) is 0. The van der Waals surface area contributed by atoms with Gasteiger partial charge >= 0.3 is 0 Å². The molecule has 0 aromatic carbocycles. The minimum Gasteiger partial charge on any atom is -0.330 e. The van der Waals surface area contributed by atoms with Crippen LogP contribution < -0.4 is 5.73 Å². The summed E-state index contributed by atoms with van der Waals surface area (Å²) in [7, 11) is 0. The van der Waals surface area contributed by atoms with Crippen LogP contribution in [0.1, 0.15) is 65.2 Å². The maximum atomic E-state index is 6.05. The fraction of sp³-hybridized carbons (Fsp3) is 1.00. The standard InChI is InChI=1S/C15H32N2/c1-3-11-17(12-4-2)13-10-15(14-16)8-6-5-7-9-15/h3-14,16H2,1-2H3. The number of rotatable bonds is 8. The lowest BCUT2D eigenvalue weighted by atomic mass is 9.72. The Morgan fingerprint density at radius 3 is 2.00 bits per heavy atom. The quantitative estimate of drug-likeness (QED) is 0.704. The van der Waals surface area contributed by atoms with Crippen LogP contribution in [0.15, 0.2) is 0 Å². The summed E-state index contributed by atoms with van der Waals surface area (Å²) in [5.41, 5.74) is 6.54. The zero-order valence-corrected chi connectivity index (χ0v) is 12.0. The summed E-state index contributed by atoms with van der Waals surface area (Å²) in [6.07, 6.45) is 10.8. The molecule has 1 aliphatic carbocycles. The predicted octanol–water partition coefficient (Wildman–Crippen LogP) is 3.41. The van der Waals surface area contributed by atoms with Crippen molar-refractivity contribution in [3.05, 3.63) is 0 Å². The van der Waals surface area contributed by atoms with Crippen molar-refractivity contribution >= 4 is 0 Å². The summed E-state index contributed by atoms with van der Waals surface area (Å²) in [5.74, 6) is 0. The third-order valence-corrected chi connectivity index (χ3v) is 4.39. The zero-order valence-electron chi connectivity index (χ0n) is 12.0. The lowest BCUT2D eigenvalue weighted by Gasteiger charge is -2.38. The second-order valence-electron chi connectivity index (χ2n) is 5.86. The molecule has 1 fully saturated rings. The van der Waals surface area contributed by atoms with Gasteiger partial charge in [0.1, 0.15) is 0 Å². The largest absolute Gasteiger partial charge is 0.330 e. The van der Waals surface area contributed by atoms with Crippen LogP contribution in [-0.2, 0) is 0 Å². The highest BCUT2D eigenvalue weighted by atomic mass is 15.1. The molecule has 2 N–H and O–H groups in total. The van der Waals surface area contributed by atoms with Gasteiger partial charge in [0.2, 0.25) is 0 Å². The monoisotopic (exact) mass is 240 g/mol. The van der Waals surface area contributed by atoms with Gasteiger partial charge in [-0.2, -0.15) is 0 Å². The van der Waals surface area contributed by atoms with E-state index in [2.05, 4.69) is 18.7 Å². The Balaban J connectivity index is 2.38. The molecule has 1 saturated carbocycles. The average Bonchev–Trinajstić information content (AvgIpc) is 2.38. The molecule has 0 amide bonds. The van der Waals surface area contributed by atoms with Crippen molar-refractivity contribution in [3.63, 3.8) is 0 Å². The molecule has 0 radical (unpaired) electrons. The fourth-order valence-corrected chi connectivity index (χ4v) is 3.22. The molecule has 2 nitrogen and oxygen atoms in total. The minimum atomic E-state index is 0.484. The van der Waals surface area contributed by atoms with Crippen LogP contribution in [-0.4, -0.2) is 31.1 Å². The van der Waals surface area contributed by atoms with Crippen molar-refractivity contribution in [2.75, 3.05) is 26.2 Å². The molecule has 0 unspecified atom stereocenters. The van der Waals surface area contributed by atoms with Crippen LogP contribution in [0.3, 0.4) is 0 Å². The molecule has 1 rings (SSSR count). The highest BCUT2D eigenvalue weighted by Gasteiger charge is 2.30. The molecule has 0 atom stereocenters. The Morgan fingerprint density at radius 1 is 0.941 bits per heavy atom. The number of nitrogens with two attached hydrogens (primary N) is 1. The van der Waals surface area contributed by atoms with E-state index in [-0.39, 0.29) is 0 Å². The summed E-state index contributed by atoms with van der Waals surface area (Å²) >= 11 is 0. The second-order valence-corrected chi connectivity index (χ2v) is 5.86. The maximum Gasteiger partial charge on any atom is -0.00130 e. The van der Waals surface area contributed by atoms with Gasteiger partial charge in [0, 0.05) is 0 Å². The van der Waals surface area contributed by atoms with Crippen LogP contribution >= 0.6 is 0 Å². The minimum absolute atomic E-state index is 0.484. The lowest BCUT2D eigenvalue weighted by Crippen LogP contribution is -2.37. The van der Waals surface area contributed by atoms with Crippen molar-refractivity contribution in [1.82, 2.24) is 4.90 Å². The average molecular weight is 240 g/mol. The van der Waals surface area contributed by atoms with Gasteiger partial charge in [-0.3, -0.25) is 0 Å². The lowest BCUT2D eigenvalue weighted by molar-refractivity contribution is 0.146. The van der Waals surface area contributed by atoms with E-state index in [9.17, 15) is 0 Å². The second kappa shape index (κ2) is 8.10. The molecule has 0 aromatic rings. The van der Waals surface area contributed by atoms with E-state index in [1.165, 1.54) is 71.0 Å². The summed E-state index contributed by atoms with van der Waals surface area (Å²) in [4.78, 5) is 2.63. The normalized spacial score (nSPS) is 19.8. The van der Waals surface area contributed by atoms with Crippen LogP contribution in [0.4, 0.5) is 0 Å². The van der Waals surface area contributed by atoms with E-state index in [4.69, 9.17) is 5.73 Å². The van der Waals surface area contributed by atoms with Crippen molar-refractivity contribution in [1.29, 1.82) is 0 Å². The van der Waals surface area contributed by atoms with E-state index in [0.717, 1.165) is 6.54 Å². The Morgan fingerprint density at radius 2 is 1.53 bits per heavy atom. The Labute approximate surface area is 108 Å². The first-order chi connectivity index (χ1) is 8.26. The van der Waals surface area contributed by atoms with Crippen LogP contribution in [0, 0.1) is 5.41 Å².